The molecule has 1 atom stereocenters. The first kappa shape index (κ1) is 11.7. The zero-order valence-electron chi connectivity index (χ0n) is 9.60. The first-order valence-corrected chi connectivity index (χ1v) is 6.75. The molecule has 2 aliphatic heterocycles. The molecule has 2 aliphatic rings. The van der Waals surface area contributed by atoms with E-state index < -0.39 is 5.00 Å². The Morgan fingerprint density at radius 1 is 1.59 bits per heavy atom. The second-order valence-corrected chi connectivity index (χ2v) is 6.23. The van der Waals surface area contributed by atoms with Crippen LogP contribution in [0.5, 0.6) is 0 Å². The fraction of sp³-hybridized carbons (Fsp3) is 0.545. The smallest absolute Gasteiger partial charge is 0.130 e. The molecule has 1 saturated heterocycles. The number of pyridine rings is 1. The molecule has 1 fully saturated rings. The summed E-state index contributed by atoms with van der Waals surface area (Å²) in [5.41, 5.74) is 1.12. The van der Waals surface area contributed by atoms with Crippen molar-refractivity contribution in [2.75, 3.05) is 19.8 Å². The molecule has 0 bridgehead atoms. The number of rotatable bonds is 1. The highest BCUT2D eigenvalue weighted by molar-refractivity contribution is 7.97. The number of alkyl halides is 1. The average molecular weight is 272 g/mol. The van der Waals surface area contributed by atoms with Gasteiger partial charge >= 0.3 is 0 Å². The van der Waals surface area contributed by atoms with Crippen molar-refractivity contribution in [2.45, 2.75) is 23.4 Å². The van der Waals surface area contributed by atoms with E-state index in [-0.39, 0.29) is 0 Å². The van der Waals surface area contributed by atoms with Gasteiger partial charge in [0, 0.05) is 17.6 Å². The Kier molecular flexibility index (Phi) is 3.04. The molecule has 1 aromatic rings. The third-order valence-corrected chi connectivity index (χ3v) is 4.37. The first-order valence-electron chi connectivity index (χ1n) is 5.60. The number of hydrogen-bond donors (Lipinski definition) is 0. The van der Waals surface area contributed by atoms with Gasteiger partial charge in [-0.15, -0.1) is 0 Å². The Morgan fingerprint density at radius 3 is 3.24 bits per heavy atom. The lowest BCUT2D eigenvalue weighted by atomic mass is 10.3. The molecule has 1 unspecified atom stereocenters. The van der Waals surface area contributed by atoms with Crippen LogP contribution in [0.15, 0.2) is 23.2 Å². The van der Waals surface area contributed by atoms with Gasteiger partial charge in [-0.1, -0.05) is 11.6 Å². The van der Waals surface area contributed by atoms with E-state index in [1.807, 2.05) is 19.2 Å². The van der Waals surface area contributed by atoms with Gasteiger partial charge in [0.2, 0.25) is 0 Å². The number of hydrogen-bond acceptors (Lipinski definition) is 5. The van der Waals surface area contributed by atoms with E-state index in [1.54, 1.807) is 11.9 Å². The van der Waals surface area contributed by atoms with E-state index in [2.05, 4.69) is 20.5 Å². The first-order chi connectivity index (χ1) is 8.17. The zero-order chi connectivity index (χ0) is 11.9. The van der Waals surface area contributed by atoms with Crippen molar-refractivity contribution in [1.29, 1.82) is 0 Å². The minimum absolute atomic E-state index is 0.465. The monoisotopic (exact) mass is 271 g/mol. The maximum atomic E-state index is 6.49. The van der Waals surface area contributed by atoms with Gasteiger partial charge in [0.25, 0.3) is 0 Å². The average Bonchev–Trinajstić information content (AvgIpc) is 2.71. The van der Waals surface area contributed by atoms with E-state index in [4.69, 9.17) is 16.3 Å². The second kappa shape index (κ2) is 4.40. The fourth-order valence-electron chi connectivity index (χ4n) is 2.09. The predicted molar refractivity (Wildman–Crippen MR) is 67.4 cm³/mol. The summed E-state index contributed by atoms with van der Waals surface area (Å²) in [6.07, 6.45) is 1.84. The van der Waals surface area contributed by atoms with E-state index in [0.29, 0.717) is 6.61 Å². The van der Waals surface area contributed by atoms with E-state index in [0.717, 1.165) is 25.4 Å². The van der Waals surface area contributed by atoms with Gasteiger partial charge < -0.3 is 4.74 Å². The minimum atomic E-state index is -0.465. The number of morpholine rings is 1. The number of hydrazine groups is 1. The molecule has 0 spiro atoms. The maximum absolute atomic E-state index is 6.49. The molecular weight excluding hydrogens is 258 g/mol. The second-order valence-electron chi connectivity index (χ2n) is 4.37. The van der Waals surface area contributed by atoms with E-state index >= 15 is 0 Å². The van der Waals surface area contributed by atoms with Crippen LogP contribution in [0.1, 0.15) is 12.6 Å². The highest BCUT2D eigenvalue weighted by Crippen LogP contribution is 2.39. The molecule has 0 N–H and O–H groups in total. The van der Waals surface area contributed by atoms with Crippen molar-refractivity contribution in [3.63, 3.8) is 0 Å². The molecule has 3 heterocycles. The molecule has 3 rings (SSSR count). The summed E-state index contributed by atoms with van der Waals surface area (Å²) < 4.78 is 7.61. The highest BCUT2D eigenvalue weighted by atomic mass is 35.5. The fourth-order valence-corrected chi connectivity index (χ4v) is 3.53. The molecule has 0 amide bonds. The topological polar surface area (TPSA) is 28.6 Å². The number of nitrogens with zero attached hydrogens (tertiary/aromatic N) is 3. The lowest BCUT2D eigenvalue weighted by Gasteiger charge is -2.43. The Labute approximate surface area is 110 Å². The lowest BCUT2D eigenvalue weighted by molar-refractivity contribution is -0.0956. The van der Waals surface area contributed by atoms with Crippen LogP contribution in [0.4, 0.5) is 0 Å². The quantitative estimate of drug-likeness (QED) is 0.443. The van der Waals surface area contributed by atoms with Gasteiger partial charge in [-0.25, -0.2) is 5.01 Å². The summed E-state index contributed by atoms with van der Waals surface area (Å²) in [5.74, 6) is 0. The van der Waals surface area contributed by atoms with Crippen molar-refractivity contribution < 1.29 is 4.74 Å². The van der Waals surface area contributed by atoms with Crippen molar-refractivity contribution in [3.05, 3.63) is 24.0 Å². The third-order valence-electron chi connectivity index (χ3n) is 2.96. The number of fused-ring (bicyclic) bond motifs is 1. The maximum Gasteiger partial charge on any atom is 0.130 e. The minimum Gasteiger partial charge on any atom is -0.377 e. The summed E-state index contributed by atoms with van der Waals surface area (Å²) in [6, 6.07) is 4.06. The molecule has 6 heteroatoms. The molecule has 17 heavy (non-hydrogen) atoms. The van der Waals surface area contributed by atoms with Crippen molar-refractivity contribution in [2.24, 2.45) is 0 Å². The van der Waals surface area contributed by atoms with Crippen molar-refractivity contribution in [1.82, 2.24) is 14.4 Å². The summed E-state index contributed by atoms with van der Waals surface area (Å²) >= 11 is 8.19. The van der Waals surface area contributed by atoms with Crippen LogP contribution >= 0.6 is 23.5 Å². The van der Waals surface area contributed by atoms with Crippen LogP contribution in [0.3, 0.4) is 0 Å². The summed E-state index contributed by atoms with van der Waals surface area (Å²) in [6.45, 7) is 4.90. The predicted octanol–water partition coefficient (Wildman–Crippen LogP) is 2.11. The van der Waals surface area contributed by atoms with Gasteiger partial charge in [-0.05, 0) is 31.0 Å². The van der Waals surface area contributed by atoms with Crippen molar-refractivity contribution in [3.8, 4) is 0 Å². The van der Waals surface area contributed by atoms with Crippen molar-refractivity contribution >= 4 is 23.5 Å². The third kappa shape index (κ3) is 2.18. The zero-order valence-corrected chi connectivity index (χ0v) is 11.2. The standard InChI is InChI=1S/C11H14ClN3OS/c1-11(12)8-16-6-5-14(11)15-7-9-10(17-15)3-2-4-13-9/h2-4H,5-8H2,1H3. The SMILES string of the molecule is CC1(Cl)COCCN1N1Cc2ncccc2S1. The lowest BCUT2D eigenvalue weighted by Crippen LogP contribution is -2.56. The molecule has 0 aliphatic carbocycles. The number of ether oxygens (including phenoxy) is 1. The normalized spacial score (nSPS) is 30.5. The highest BCUT2D eigenvalue weighted by Gasteiger charge is 2.39. The Hall–Kier alpha value is -0.330. The largest absolute Gasteiger partial charge is 0.377 e. The van der Waals surface area contributed by atoms with Gasteiger partial charge in [-0.2, -0.15) is 4.41 Å². The van der Waals surface area contributed by atoms with Crippen LogP contribution in [0.2, 0.25) is 0 Å². The molecule has 0 aromatic carbocycles. The van der Waals surface area contributed by atoms with Gasteiger partial charge in [0.15, 0.2) is 0 Å². The Morgan fingerprint density at radius 2 is 2.47 bits per heavy atom. The van der Waals surface area contributed by atoms with Crippen LogP contribution in [-0.2, 0) is 11.3 Å². The number of halogens is 1. The number of aromatic nitrogens is 1. The van der Waals surface area contributed by atoms with Gasteiger partial charge in [0.05, 0.1) is 25.5 Å². The van der Waals surface area contributed by atoms with Gasteiger partial charge in [0.1, 0.15) is 5.00 Å². The van der Waals surface area contributed by atoms with E-state index in [1.165, 1.54) is 4.90 Å². The van der Waals surface area contributed by atoms with Crippen LogP contribution < -0.4 is 0 Å². The molecule has 0 radical (unpaired) electrons. The van der Waals surface area contributed by atoms with Crippen LogP contribution in [0, 0.1) is 0 Å². The molecule has 92 valence electrons. The Balaban J connectivity index is 1.79. The van der Waals surface area contributed by atoms with Crippen LogP contribution in [-0.4, -0.2) is 39.2 Å². The molecular formula is C11H14ClN3OS. The summed E-state index contributed by atoms with van der Waals surface area (Å²) in [7, 11) is 0. The molecule has 1 aromatic heterocycles. The molecule has 4 nitrogen and oxygen atoms in total. The summed E-state index contributed by atoms with van der Waals surface area (Å²) in [5, 5.41) is 2.17. The van der Waals surface area contributed by atoms with E-state index in [9.17, 15) is 0 Å². The summed E-state index contributed by atoms with van der Waals surface area (Å²) in [4.78, 5) is 5.14. The Bertz CT molecular complexity index is 404. The molecule has 0 saturated carbocycles. The van der Waals surface area contributed by atoms with Crippen LogP contribution in [0.25, 0.3) is 0 Å². The van der Waals surface area contributed by atoms with Gasteiger partial charge in [-0.3, -0.25) is 4.98 Å².